The van der Waals surface area contributed by atoms with Crippen LogP contribution in [0.4, 0.5) is 5.69 Å². The molecule has 0 saturated heterocycles. The predicted octanol–water partition coefficient (Wildman–Crippen LogP) is 1.37. The molecule has 0 aliphatic heterocycles. The molecule has 1 N–H and O–H groups in total. The largest absolute Gasteiger partial charge is 0.382 e. The fraction of sp³-hybridized carbons (Fsp3) is 0.455. The zero-order valence-corrected chi connectivity index (χ0v) is 12.3. The van der Waals surface area contributed by atoms with Crippen LogP contribution in [0.15, 0.2) is 20.0 Å². The molecule has 0 amide bonds. The highest BCUT2D eigenvalue weighted by molar-refractivity contribution is 9.10. The summed E-state index contributed by atoms with van der Waals surface area (Å²) in [7, 11) is 0. The van der Waals surface area contributed by atoms with Gasteiger partial charge in [-0.2, -0.15) is 10.1 Å². The van der Waals surface area contributed by atoms with E-state index in [9.17, 15) is 4.79 Å². The molecule has 0 aromatic carbocycles. The Hall–Kier alpha value is -1.70. The van der Waals surface area contributed by atoms with E-state index in [2.05, 4.69) is 36.5 Å². The first-order valence-corrected chi connectivity index (χ1v) is 6.69. The second-order valence-electron chi connectivity index (χ2n) is 3.90. The van der Waals surface area contributed by atoms with E-state index in [-0.39, 0.29) is 5.56 Å². The molecule has 0 spiro atoms. The fourth-order valence-corrected chi connectivity index (χ4v) is 2.01. The van der Waals surface area contributed by atoms with Gasteiger partial charge in [-0.25, -0.2) is 4.68 Å². The summed E-state index contributed by atoms with van der Waals surface area (Å²) in [6, 6.07) is 0. The standard InChI is InChI=1S/C11H14BrN5O2/c1-3-17-11(18)10(12)8(6-14-17)13-5-4-9-15-7(2)19-16-9/h6,13H,3-5H2,1-2H3. The lowest BCUT2D eigenvalue weighted by molar-refractivity contribution is 0.387. The number of aromatic nitrogens is 4. The Labute approximate surface area is 118 Å². The van der Waals surface area contributed by atoms with Crippen molar-refractivity contribution in [3.05, 3.63) is 32.7 Å². The molecule has 0 aliphatic carbocycles. The van der Waals surface area contributed by atoms with Gasteiger partial charge in [-0.05, 0) is 22.9 Å². The van der Waals surface area contributed by atoms with Gasteiger partial charge in [-0.3, -0.25) is 4.79 Å². The molecule has 19 heavy (non-hydrogen) atoms. The van der Waals surface area contributed by atoms with Crippen molar-refractivity contribution >= 4 is 21.6 Å². The molecule has 8 heteroatoms. The second kappa shape index (κ2) is 5.96. The molecule has 0 fully saturated rings. The summed E-state index contributed by atoms with van der Waals surface area (Å²) in [6.07, 6.45) is 2.23. The Morgan fingerprint density at radius 3 is 2.95 bits per heavy atom. The summed E-state index contributed by atoms with van der Waals surface area (Å²) in [5.41, 5.74) is 0.512. The molecule has 0 bridgehead atoms. The minimum Gasteiger partial charge on any atom is -0.382 e. The third-order valence-electron chi connectivity index (χ3n) is 2.52. The molecule has 0 saturated carbocycles. The van der Waals surface area contributed by atoms with Gasteiger partial charge in [-0.1, -0.05) is 5.16 Å². The van der Waals surface area contributed by atoms with Gasteiger partial charge in [0.05, 0.1) is 11.9 Å². The zero-order chi connectivity index (χ0) is 13.8. The maximum absolute atomic E-state index is 11.8. The first-order chi connectivity index (χ1) is 9.11. The van der Waals surface area contributed by atoms with Crippen LogP contribution in [0.2, 0.25) is 0 Å². The molecule has 102 valence electrons. The summed E-state index contributed by atoms with van der Waals surface area (Å²) in [5, 5.41) is 11.0. The lowest BCUT2D eigenvalue weighted by atomic mass is 10.4. The number of nitrogens with one attached hydrogen (secondary N) is 1. The maximum atomic E-state index is 11.8. The van der Waals surface area contributed by atoms with Crippen molar-refractivity contribution in [2.45, 2.75) is 26.8 Å². The topological polar surface area (TPSA) is 85.8 Å². The van der Waals surface area contributed by atoms with Crippen molar-refractivity contribution in [1.29, 1.82) is 0 Å². The molecule has 2 rings (SSSR count). The van der Waals surface area contributed by atoms with Crippen LogP contribution in [-0.2, 0) is 13.0 Å². The predicted molar refractivity (Wildman–Crippen MR) is 73.1 cm³/mol. The van der Waals surface area contributed by atoms with Crippen LogP contribution in [0.5, 0.6) is 0 Å². The van der Waals surface area contributed by atoms with Crippen LogP contribution < -0.4 is 10.9 Å². The van der Waals surface area contributed by atoms with Crippen LogP contribution in [0.25, 0.3) is 0 Å². The Morgan fingerprint density at radius 1 is 1.53 bits per heavy atom. The van der Waals surface area contributed by atoms with Gasteiger partial charge >= 0.3 is 0 Å². The van der Waals surface area contributed by atoms with Gasteiger partial charge in [0.15, 0.2) is 5.82 Å². The summed E-state index contributed by atoms with van der Waals surface area (Å²) >= 11 is 3.28. The third-order valence-corrected chi connectivity index (χ3v) is 3.28. The molecular formula is C11H14BrN5O2. The van der Waals surface area contributed by atoms with Gasteiger partial charge in [0, 0.05) is 26.4 Å². The van der Waals surface area contributed by atoms with Crippen molar-refractivity contribution in [2.24, 2.45) is 0 Å². The highest BCUT2D eigenvalue weighted by Crippen LogP contribution is 2.15. The molecule has 2 aromatic heterocycles. The quantitative estimate of drug-likeness (QED) is 0.892. The van der Waals surface area contributed by atoms with Crippen LogP contribution in [0.3, 0.4) is 0 Å². The van der Waals surface area contributed by atoms with Gasteiger partial charge < -0.3 is 9.84 Å². The van der Waals surface area contributed by atoms with Crippen LogP contribution in [0, 0.1) is 6.92 Å². The molecule has 2 aromatic rings. The summed E-state index contributed by atoms with van der Waals surface area (Å²) < 4.78 is 6.74. The van der Waals surface area contributed by atoms with E-state index in [1.807, 2.05) is 6.92 Å². The normalized spacial score (nSPS) is 10.7. The maximum Gasteiger partial charge on any atom is 0.283 e. The van der Waals surface area contributed by atoms with E-state index in [0.717, 1.165) is 0 Å². The Morgan fingerprint density at radius 2 is 2.32 bits per heavy atom. The van der Waals surface area contributed by atoms with Crippen molar-refractivity contribution in [3.63, 3.8) is 0 Å². The number of hydrogen-bond donors (Lipinski definition) is 1. The number of anilines is 1. The number of aryl methyl sites for hydroxylation is 2. The molecule has 0 radical (unpaired) electrons. The van der Waals surface area contributed by atoms with E-state index in [4.69, 9.17) is 4.52 Å². The van der Waals surface area contributed by atoms with Crippen molar-refractivity contribution in [2.75, 3.05) is 11.9 Å². The average Bonchev–Trinajstić information content (AvgIpc) is 2.81. The third kappa shape index (κ3) is 3.19. The minimum atomic E-state index is -0.150. The zero-order valence-electron chi connectivity index (χ0n) is 10.7. The lowest BCUT2D eigenvalue weighted by Gasteiger charge is -2.08. The Bertz CT molecular complexity index is 622. The molecular weight excluding hydrogens is 314 g/mol. The molecule has 0 aliphatic rings. The number of halogens is 1. The second-order valence-corrected chi connectivity index (χ2v) is 4.69. The van der Waals surface area contributed by atoms with Crippen molar-refractivity contribution in [3.8, 4) is 0 Å². The summed E-state index contributed by atoms with van der Waals surface area (Å²) in [4.78, 5) is 15.9. The monoisotopic (exact) mass is 327 g/mol. The Balaban J connectivity index is 2.00. The number of nitrogens with zero attached hydrogens (tertiary/aromatic N) is 4. The first-order valence-electron chi connectivity index (χ1n) is 5.90. The molecule has 0 unspecified atom stereocenters. The lowest BCUT2D eigenvalue weighted by Crippen LogP contribution is -2.24. The van der Waals surface area contributed by atoms with Crippen molar-refractivity contribution < 1.29 is 4.52 Å². The SMILES string of the molecule is CCn1ncc(NCCc2noc(C)n2)c(Br)c1=O. The van der Waals surface area contributed by atoms with Crippen LogP contribution in [-0.4, -0.2) is 26.5 Å². The van der Waals surface area contributed by atoms with Gasteiger partial charge in [0.1, 0.15) is 4.47 Å². The smallest absolute Gasteiger partial charge is 0.283 e. The highest BCUT2D eigenvalue weighted by Gasteiger charge is 2.08. The first kappa shape index (κ1) is 13.7. The summed E-state index contributed by atoms with van der Waals surface area (Å²) in [6.45, 7) is 4.75. The van der Waals surface area contributed by atoms with E-state index >= 15 is 0 Å². The van der Waals surface area contributed by atoms with E-state index in [1.54, 1.807) is 13.1 Å². The van der Waals surface area contributed by atoms with Crippen LogP contribution >= 0.6 is 15.9 Å². The highest BCUT2D eigenvalue weighted by atomic mass is 79.9. The fourth-order valence-electron chi connectivity index (χ4n) is 1.57. The molecule has 0 atom stereocenters. The van der Waals surface area contributed by atoms with Gasteiger partial charge in [-0.15, -0.1) is 0 Å². The minimum absolute atomic E-state index is 0.150. The van der Waals surface area contributed by atoms with E-state index < -0.39 is 0 Å². The van der Waals surface area contributed by atoms with Crippen LogP contribution in [0.1, 0.15) is 18.6 Å². The van der Waals surface area contributed by atoms with Gasteiger partial charge in [0.25, 0.3) is 5.56 Å². The number of hydrogen-bond acceptors (Lipinski definition) is 6. The van der Waals surface area contributed by atoms with E-state index in [1.165, 1.54) is 4.68 Å². The van der Waals surface area contributed by atoms with E-state index in [0.29, 0.717) is 41.4 Å². The van der Waals surface area contributed by atoms with Crippen molar-refractivity contribution in [1.82, 2.24) is 19.9 Å². The molecule has 7 nitrogen and oxygen atoms in total. The summed E-state index contributed by atoms with van der Waals surface area (Å²) in [5.74, 6) is 1.18. The van der Waals surface area contributed by atoms with Gasteiger partial charge in [0.2, 0.25) is 5.89 Å². The Kier molecular flexibility index (Phi) is 4.31. The number of rotatable bonds is 5. The molecule has 2 heterocycles. The average molecular weight is 328 g/mol.